The monoisotopic (exact) mass is 177 g/mol. The summed E-state index contributed by atoms with van der Waals surface area (Å²) in [6, 6.07) is 0. The van der Waals surface area contributed by atoms with Crippen molar-refractivity contribution in [1.29, 1.82) is 0 Å². The van der Waals surface area contributed by atoms with E-state index in [1.807, 2.05) is 0 Å². The third-order valence-corrected chi connectivity index (χ3v) is 1.12. The fourth-order valence-corrected chi connectivity index (χ4v) is 0.431. The summed E-state index contributed by atoms with van der Waals surface area (Å²) in [5, 5.41) is 0.378. The molecule has 2 nitrogen and oxygen atoms in total. The second kappa shape index (κ2) is 5.00. The van der Waals surface area contributed by atoms with Crippen molar-refractivity contribution in [2.75, 3.05) is 11.9 Å². The highest BCUT2D eigenvalue weighted by atomic mass is 79.9. The number of hydrogen-bond acceptors (Lipinski definition) is 2. The Morgan fingerprint density at radius 1 is 1.75 bits per heavy atom. The molecule has 0 atom stereocenters. The molecule has 0 saturated carbocycles. The number of carbonyl (C=O) groups is 1. The van der Waals surface area contributed by atoms with E-state index in [1.54, 1.807) is 6.08 Å². The quantitative estimate of drug-likeness (QED) is 0.504. The van der Waals surface area contributed by atoms with E-state index in [0.29, 0.717) is 11.9 Å². The first-order valence-corrected chi connectivity index (χ1v) is 3.38. The van der Waals surface area contributed by atoms with Crippen molar-refractivity contribution in [3.63, 3.8) is 0 Å². The average molecular weight is 178 g/mol. The van der Waals surface area contributed by atoms with Crippen molar-refractivity contribution in [2.24, 2.45) is 5.73 Å². The fraction of sp³-hybridized carbons (Fsp3) is 0.400. The summed E-state index contributed by atoms with van der Waals surface area (Å²) in [5.74, 6) is 0.0513. The van der Waals surface area contributed by atoms with Gasteiger partial charge in [0, 0.05) is 6.54 Å². The van der Waals surface area contributed by atoms with Gasteiger partial charge in [0.1, 0.15) is 0 Å². The second-order valence-corrected chi connectivity index (χ2v) is 1.80. The number of carbonyl (C=O) groups excluding carboxylic acids is 1. The first-order chi connectivity index (χ1) is 3.81. The minimum Gasteiger partial charge on any atom is -0.327 e. The molecule has 0 spiro atoms. The summed E-state index contributed by atoms with van der Waals surface area (Å²) < 4.78 is 0. The molecular weight excluding hydrogens is 170 g/mol. The van der Waals surface area contributed by atoms with E-state index >= 15 is 0 Å². The Kier molecular flexibility index (Phi) is 4.90. The van der Waals surface area contributed by atoms with E-state index in [4.69, 9.17) is 5.73 Å². The van der Waals surface area contributed by atoms with E-state index < -0.39 is 0 Å². The largest absolute Gasteiger partial charge is 0.327 e. The Morgan fingerprint density at radius 3 is 2.75 bits per heavy atom. The molecule has 0 radical (unpaired) electrons. The van der Waals surface area contributed by atoms with Crippen molar-refractivity contribution < 1.29 is 4.79 Å². The molecule has 0 aliphatic rings. The summed E-state index contributed by atoms with van der Waals surface area (Å²) in [6.07, 6.45) is 3.10. The summed E-state index contributed by atoms with van der Waals surface area (Å²) in [7, 11) is 0. The van der Waals surface area contributed by atoms with E-state index in [-0.39, 0.29) is 5.78 Å². The molecule has 0 aromatic carbocycles. The highest BCUT2D eigenvalue weighted by Gasteiger charge is 1.86. The maximum atomic E-state index is 10.4. The number of allylic oxidation sites excluding steroid dienone is 1. The van der Waals surface area contributed by atoms with Gasteiger partial charge in [0.15, 0.2) is 5.78 Å². The molecule has 0 saturated heterocycles. The summed E-state index contributed by atoms with van der Waals surface area (Å²) in [4.78, 5) is 10.4. The standard InChI is InChI=1S/C5H8BrNO/c6-4-5(8)2-1-3-7/h1-2H,3-4,7H2/b2-1+. The number of halogens is 1. The lowest BCUT2D eigenvalue weighted by Crippen LogP contribution is -1.97. The lowest BCUT2D eigenvalue weighted by Gasteiger charge is -1.80. The zero-order chi connectivity index (χ0) is 6.41. The maximum Gasteiger partial charge on any atom is 0.165 e. The molecule has 2 N–H and O–H groups in total. The molecule has 0 fully saturated rings. The third kappa shape index (κ3) is 4.02. The zero-order valence-corrected chi connectivity index (χ0v) is 6.02. The minimum absolute atomic E-state index is 0.0513. The van der Waals surface area contributed by atoms with Crippen molar-refractivity contribution >= 4 is 21.7 Å². The van der Waals surface area contributed by atoms with Crippen molar-refractivity contribution in [1.82, 2.24) is 0 Å². The van der Waals surface area contributed by atoms with Gasteiger partial charge in [-0.3, -0.25) is 4.79 Å². The Balaban J connectivity index is 3.37. The molecule has 8 heavy (non-hydrogen) atoms. The molecule has 0 aliphatic carbocycles. The van der Waals surface area contributed by atoms with Crippen molar-refractivity contribution in [3.8, 4) is 0 Å². The van der Waals surface area contributed by atoms with Crippen LogP contribution in [0.25, 0.3) is 0 Å². The summed E-state index contributed by atoms with van der Waals surface area (Å²) >= 11 is 3.00. The van der Waals surface area contributed by atoms with E-state index in [0.717, 1.165) is 0 Å². The normalized spacial score (nSPS) is 10.2. The number of hydrogen-bond donors (Lipinski definition) is 1. The smallest absolute Gasteiger partial charge is 0.165 e. The summed E-state index contributed by atoms with van der Waals surface area (Å²) in [6.45, 7) is 0.429. The Hall–Kier alpha value is -0.150. The second-order valence-electron chi connectivity index (χ2n) is 1.24. The molecule has 0 bridgehead atoms. The van der Waals surface area contributed by atoms with Gasteiger partial charge >= 0.3 is 0 Å². The lowest BCUT2D eigenvalue weighted by molar-refractivity contribution is -0.112. The Labute approximate surface area is 56.9 Å². The van der Waals surface area contributed by atoms with Crippen LogP contribution in [-0.2, 0) is 4.79 Å². The maximum absolute atomic E-state index is 10.4. The van der Waals surface area contributed by atoms with Crippen LogP contribution in [0.15, 0.2) is 12.2 Å². The highest BCUT2D eigenvalue weighted by molar-refractivity contribution is 9.09. The topological polar surface area (TPSA) is 43.1 Å². The van der Waals surface area contributed by atoms with Gasteiger partial charge in [0.2, 0.25) is 0 Å². The van der Waals surface area contributed by atoms with Gasteiger partial charge in [0.25, 0.3) is 0 Å². The van der Waals surface area contributed by atoms with Crippen LogP contribution >= 0.6 is 15.9 Å². The molecule has 0 rings (SSSR count). The highest BCUT2D eigenvalue weighted by Crippen LogP contribution is 1.82. The molecule has 0 aromatic rings. The molecule has 0 unspecified atom stereocenters. The SMILES string of the molecule is NC/C=C/C(=O)CBr. The number of alkyl halides is 1. The predicted molar refractivity (Wildman–Crippen MR) is 37.0 cm³/mol. The number of ketones is 1. The van der Waals surface area contributed by atoms with Crippen LogP contribution in [-0.4, -0.2) is 17.7 Å². The average Bonchev–Trinajstić information content (AvgIpc) is 1.83. The van der Waals surface area contributed by atoms with E-state index in [9.17, 15) is 4.79 Å². The molecule has 0 aromatic heterocycles. The number of nitrogens with two attached hydrogens (primary N) is 1. The van der Waals surface area contributed by atoms with Crippen molar-refractivity contribution in [2.45, 2.75) is 0 Å². The van der Waals surface area contributed by atoms with Gasteiger partial charge < -0.3 is 5.73 Å². The van der Waals surface area contributed by atoms with Crippen LogP contribution in [0.4, 0.5) is 0 Å². The van der Waals surface area contributed by atoms with Crippen LogP contribution in [0.1, 0.15) is 0 Å². The lowest BCUT2D eigenvalue weighted by atomic mass is 10.4. The van der Waals surface area contributed by atoms with Crippen LogP contribution in [0.3, 0.4) is 0 Å². The van der Waals surface area contributed by atoms with Crippen LogP contribution in [0, 0.1) is 0 Å². The Morgan fingerprint density at radius 2 is 2.38 bits per heavy atom. The first-order valence-electron chi connectivity index (χ1n) is 2.26. The first kappa shape index (κ1) is 7.85. The molecular formula is C5H8BrNO. The van der Waals surface area contributed by atoms with Crippen molar-refractivity contribution in [3.05, 3.63) is 12.2 Å². The van der Waals surface area contributed by atoms with Gasteiger partial charge in [-0.05, 0) is 6.08 Å². The fourth-order valence-electron chi connectivity index (χ4n) is 0.244. The molecule has 46 valence electrons. The van der Waals surface area contributed by atoms with Gasteiger partial charge in [-0.15, -0.1) is 0 Å². The molecule has 3 heteroatoms. The van der Waals surface area contributed by atoms with E-state index in [1.165, 1.54) is 6.08 Å². The Bertz CT molecular complexity index is 101. The van der Waals surface area contributed by atoms with Crippen LogP contribution in [0.5, 0.6) is 0 Å². The van der Waals surface area contributed by atoms with Gasteiger partial charge in [-0.1, -0.05) is 22.0 Å². The van der Waals surface area contributed by atoms with Crippen LogP contribution < -0.4 is 5.73 Å². The molecule has 0 amide bonds. The zero-order valence-electron chi connectivity index (χ0n) is 4.43. The third-order valence-electron chi connectivity index (χ3n) is 0.572. The van der Waals surface area contributed by atoms with E-state index in [2.05, 4.69) is 15.9 Å². The summed E-state index contributed by atoms with van der Waals surface area (Å²) in [5.41, 5.74) is 5.08. The predicted octanol–water partition coefficient (Wildman–Crippen LogP) is 0.465. The van der Waals surface area contributed by atoms with Gasteiger partial charge in [0.05, 0.1) is 5.33 Å². The molecule has 0 heterocycles. The van der Waals surface area contributed by atoms with Gasteiger partial charge in [-0.25, -0.2) is 0 Å². The molecule has 0 aliphatic heterocycles. The minimum atomic E-state index is 0.0513. The number of rotatable bonds is 3. The van der Waals surface area contributed by atoms with Gasteiger partial charge in [-0.2, -0.15) is 0 Å². The van der Waals surface area contributed by atoms with Crippen LogP contribution in [0.2, 0.25) is 0 Å².